The highest BCUT2D eigenvalue weighted by molar-refractivity contribution is 5.92. The van der Waals surface area contributed by atoms with Crippen molar-refractivity contribution in [2.75, 3.05) is 26.7 Å². The molecule has 1 amide bonds. The number of aryl methyl sites for hydroxylation is 1. The maximum Gasteiger partial charge on any atom is 0.271 e. The highest BCUT2D eigenvalue weighted by atomic mass is 16.5. The van der Waals surface area contributed by atoms with Gasteiger partial charge in [0.25, 0.3) is 5.91 Å². The molecule has 1 aromatic heterocycles. The number of nitrogens with one attached hydrogen (secondary N) is 1. The van der Waals surface area contributed by atoms with Gasteiger partial charge in [-0.3, -0.25) is 9.69 Å². The average molecular weight is 384 g/mol. The van der Waals surface area contributed by atoms with Gasteiger partial charge in [-0.05, 0) is 24.0 Å². The predicted octanol–water partition coefficient (Wildman–Crippen LogP) is 0.993. The number of amides is 1. The van der Waals surface area contributed by atoms with E-state index in [1.807, 2.05) is 4.57 Å². The fraction of sp³-hybridized carbons (Fsp3) is 0.524. The van der Waals surface area contributed by atoms with Crippen LogP contribution in [-0.2, 0) is 30.7 Å². The third-order valence-corrected chi connectivity index (χ3v) is 5.69. The van der Waals surface area contributed by atoms with Gasteiger partial charge in [-0.15, -0.1) is 0 Å². The molecule has 3 heterocycles. The Morgan fingerprint density at radius 2 is 2.18 bits per heavy atom. The molecule has 2 aromatic rings. The van der Waals surface area contributed by atoms with Crippen LogP contribution in [0.25, 0.3) is 0 Å². The lowest BCUT2D eigenvalue weighted by atomic mass is 10.00. The first kappa shape index (κ1) is 19.1. The number of aromatic nitrogens is 2. The molecule has 0 saturated carbocycles. The summed E-state index contributed by atoms with van der Waals surface area (Å²) in [6, 6.07) is 8.44. The summed E-state index contributed by atoms with van der Waals surface area (Å²) in [5.41, 5.74) is 3.12. The van der Waals surface area contributed by atoms with Crippen LogP contribution in [0.15, 0.2) is 30.5 Å². The number of aliphatic hydroxyl groups excluding tert-OH is 1. The molecule has 0 unspecified atom stereocenters. The van der Waals surface area contributed by atoms with Crippen molar-refractivity contribution in [2.45, 2.75) is 44.6 Å². The molecule has 0 saturated heterocycles. The molecule has 0 spiro atoms. The third-order valence-electron chi connectivity index (χ3n) is 5.69. The standard InChI is InChI=1S/C21H28N4O3/c1-28-18-6-7-20-23-19(14-25(20)13-18)21(27)22-10-17(26)12-24-9-8-15-4-2-3-5-16(15)11-24/h2-5,14,17-18,26H,6-13H2,1H3,(H,22,27)/t17-,18+/m0/s1. The van der Waals surface area contributed by atoms with E-state index in [9.17, 15) is 9.90 Å². The predicted molar refractivity (Wildman–Crippen MR) is 105 cm³/mol. The van der Waals surface area contributed by atoms with Crippen LogP contribution in [0.2, 0.25) is 0 Å². The zero-order chi connectivity index (χ0) is 19.5. The number of hydrogen-bond acceptors (Lipinski definition) is 5. The second-order valence-electron chi connectivity index (χ2n) is 7.71. The fourth-order valence-corrected chi connectivity index (χ4v) is 4.09. The van der Waals surface area contributed by atoms with E-state index in [2.05, 4.69) is 39.5 Å². The van der Waals surface area contributed by atoms with Crippen molar-refractivity contribution in [3.8, 4) is 0 Å². The largest absolute Gasteiger partial charge is 0.390 e. The Balaban J connectivity index is 1.27. The van der Waals surface area contributed by atoms with Crippen molar-refractivity contribution < 1.29 is 14.6 Å². The fourth-order valence-electron chi connectivity index (χ4n) is 4.09. The summed E-state index contributed by atoms with van der Waals surface area (Å²) in [6.07, 6.45) is 4.08. The second-order valence-corrected chi connectivity index (χ2v) is 7.71. The van der Waals surface area contributed by atoms with E-state index in [-0.39, 0.29) is 18.6 Å². The van der Waals surface area contributed by atoms with Crippen LogP contribution < -0.4 is 5.32 Å². The van der Waals surface area contributed by atoms with Crippen LogP contribution in [0.4, 0.5) is 0 Å². The average Bonchev–Trinajstić information content (AvgIpc) is 3.15. The minimum absolute atomic E-state index is 0.175. The van der Waals surface area contributed by atoms with Gasteiger partial charge in [0.15, 0.2) is 0 Å². The summed E-state index contributed by atoms with van der Waals surface area (Å²) < 4.78 is 7.40. The summed E-state index contributed by atoms with van der Waals surface area (Å²) in [5.74, 6) is 0.685. The number of methoxy groups -OCH3 is 1. The zero-order valence-corrected chi connectivity index (χ0v) is 16.3. The van der Waals surface area contributed by atoms with Gasteiger partial charge in [-0.2, -0.15) is 0 Å². The van der Waals surface area contributed by atoms with Crippen molar-refractivity contribution in [1.82, 2.24) is 19.8 Å². The zero-order valence-electron chi connectivity index (χ0n) is 16.3. The molecular formula is C21H28N4O3. The van der Waals surface area contributed by atoms with Gasteiger partial charge in [0.05, 0.1) is 18.8 Å². The van der Waals surface area contributed by atoms with E-state index in [0.29, 0.717) is 12.2 Å². The number of nitrogens with zero attached hydrogens (tertiary/aromatic N) is 3. The Bertz CT molecular complexity index is 835. The molecule has 2 aliphatic rings. The molecule has 2 aliphatic heterocycles. The normalized spacial score (nSPS) is 20.3. The molecule has 28 heavy (non-hydrogen) atoms. The smallest absolute Gasteiger partial charge is 0.271 e. The number of rotatable bonds is 6. The van der Waals surface area contributed by atoms with E-state index in [1.54, 1.807) is 13.3 Å². The Hall–Kier alpha value is -2.22. The molecule has 2 N–H and O–H groups in total. The minimum Gasteiger partial charge on any atom is -0.390 e. The highest BCUT2D eigenvalue weighted by Crippen LogP contribution is 2.19. The van der Waals surface area contributed by atoms with Crippen molar-refractivity contribution in [1.29, 1.82) is 0 Å². The molecule has 7 heteroatoms. The first-order valence-electron chi connectivity index (χ1n) is 9.96. The third kappa shape index (κ3) is 4.27. The van der Waals surface area contributed by atoms with Crippen LogP contribution in [0.3, 0.4) is 0 Å². The quantitative estimate of drug-likeness (QED) is 0.777. The Morgan fingerprint density at radius 1 is 1.36 bits per heavy atom. The van der Waals surface area contributed by atoms with Gasteiger partial charge in [0, 0.05) is 45.9 Å². The number of β-amino-alcohol motifs (C(OH)–C–C–N with tert-alkyl or cyclic N) is 1. The lowest BCUT2D eigenvalue weighted by Crippen LogP contribution is -2.42. The number of benzene rings is 1. The van der Waals surface area contributed by atoms with Gasteiger partial charge in [-0.1, -0.05) is 24.3 Å². The lowest BCUT2D eigenvalue weighted by molar-refractivity contribution is 0.0706. The summed E-state index contributed by atoms with van der Waals surface area (Å²) >= 11 is 0. The number of aliphatic hydroxyl groups is 1. The van der Waals surface area contributed by atoms with Crippen molar-refractivity contribution in [3.05, 3.63) is 53.1 Å². The van der Waals surface area contributed by atoms with E-state index < -0.39 is 6.10 Å². The summed E-state index contributed by atoms with van der Waals surface area (Å²) in [5, 5.41) is 13.2. The maximum absolute atomic E-state index is 12.4. The van der Waals surface area contributed by atoms with Gasteiger partial charge < -0.3 is 19.7 Å². The summed E-state index contributed by atoms with van der Waals surface area (Å²) in [6.45, 7) is 3.26. The van der Waals surface area contributed by atoms with Crippen molar-refractivity contribution in [2.24, 2.45) is 0 Å². The molecule has 0 aliphatic carbocycles. The van der Waals surface area contributed by atoms with E-state index >= 15 is 0 Å². The molecular weight excluding hydrogens is 356 g/mol. The van der Waals surface area contributed by atoms with Gasteiger partial charge in [0.1, 0.15) is 11.5 Å². The number of carbonyl (C=O) groups is 1. The number of imidazole rings is 1. The Morgan fingerprint density at radius 3 is 3.00 bits per heavy atom. The van der Waals surface area contributed by atoms with Crippen LogP contribution in [0.1, 0.15) is 33.9 Å². The number of hydrogen-bond donors (Lipinski definition) is 2. The monoisotopic (exact) mass is 384 g/mol. The topological polar surface area (TPSA) is 79.6 Å². The molecule has 7 nitrogen and oxygen atoms in total. The molecule has 2 atom stereocenters. The van der Waals surface area contributed by atoms with E-state index in [4.69, 9.17) is 4.74 Å². The van der Waals surface area contributed by atoms with Gasteiger partial charge >= 0.3 is 0 Å². The molecule has 0 radical (unpaired) electrons. The van der Waals surface area contributed by atoms with Crippen LogP contribution in [0.5, 0.6) is 0 Å². The molecule has 1 aromatic carbocycles. The molecule has 0 bridgehead atoms. The SMILES string of the molecule is CO[C@@H]1CCc2nc(C(=O)NC[C@H](O)CN3CCc4ccccc4C3)cn2C1. The summed E-state index contributed by atoms with van der Waals surface area (Å²) in [4.78, 5) is 19.1. The van der Waals surface area contributed by atoms with E-state index in [0.717, 1.165) is 44.7 Å². The van der Waals surface area contributed by atoms with Gasteiger partial charge in [0.2, 0.25) is 0 Å². The maximum atomic E-state index is 12.4. The number of carbonyl (C=O) groups excluding carboxylic acids is 1. The van der Waals surface area contributed by atoms with Crippen LogP contribution in [0, 0.1) is 0 Å². The first-order chi connectivity index (χ1) is 13.6. The minimum atomic E-state index is -0.607. The Kier molecular flexibility index (Phi) is 5.75. The number of fused-ring (bicyclic) bond motifs is 2. The first-order valence-corrected chi connectivity index (χ1v) is 9.96. The van der Waals surface area contributed by atoms with Crippen molar-refractivity contribution >= 4 is 5.91 Å². The molecule has 0 fully saturated rings. The van der Waals surface area contributed by atoms with Crippen molar-refractivity contribution in [3.63, 3.8) is 0 Å². The molecule has 150 valence electrons. The lowest BCUT2D eigenvalue weighted by Gasteiger charge is -2.30. The van der Waals surface area contributed by atoms with Crippen LogP contribution in [-0.4, -0.2) is 64.4 Å². The van der Waals surface area contributed by atoms with Crippen LogP contribution >= 0.6 is 0 Å². The second kappa shape index (κ2) is 8.43. The number of ether oxygens (including phenoxy) is 1. The molecule has 4 rings (SSSR count). The van der Waals surface area contributed by atoms with E-state index in [1.165, 1.54) is 11.1 Å². The summed E-state index contributed by atoms with van der Waals surface area (Å²) in [7, 11) is 1.71. The Labute approximate surface area is 165 Å². The van der Waals surface area contributed by atoms with Gasteiger partial charge in [-0.25, -0.2) is 4.98 Å². The highest BCUT2D eigenvalue weighted by Gasteiger charge is 2.23.